The third-order valence-corrected chi connectivity index (χ3v) is 3.70. The fraction of sp³-hybridized carbons (Fsp3) is 0.562. The molecule has 0 aliphatic carbocycles. The number of carbonyl (C=O) groups excluding carboxylic acids is 1. The fourth-order valence-corrected chi connectivity index (χ4v) is 2.57. The lowest BCUT2D eigenvalue weighted by Crippen LogP contribution is -2.45. The molecule has 1 aliphatic heterocycles. The largest absolute Gasteiger partial charge is 0.334 e. The van der Waals surface area contributed by atoms with Gasteiger partial charge in [0.1, 0.15) is 12.0 Å². The number of alkyl halides is 1. The Morgan fingerprint density at radius 3 is 2.86 bits per heavy atom. The first kappa shape index (κ1) is 16.7. The van der Waals surface area contributed by atoms with E-state index in [1.54, 1.807) is 12.1 Å². The maximum atomic E-state index is 13.9. The van der Waals surface area contributed by atoms with Crippen LogP contribution in [0.4, 0.5) is 13.6 Å². The summed E-state index contributed by atoms with van der Waals surface area (Å²) in [7, 11) is 3.76. The zero-order chi connectivity index (χ0) is 16.1. The summed E-state index contributed by atoms with van der Waals surface area (Å²) in [5.41, 5.74) is 1.32. The van der Waals surface area contributed by atoms with Crippen LogP contribution in [0.2, 0.25) is 0 Å². The zero-order valence-electron chi connectivity index (χ0n) is 13.1. The predicted octanol–water partition coefficient (Wildman–Crippen LogP) is 2.53. The summed E-state index contributed by atoms with van der Waals surface area (Å²) in [6, 6.07) is 4.68. The molecule has 0 aromatic heterocycles. The average molecular weight is 311 g/mol. The molecule has 0 radical (unpaired) electrons. The fourth-order valence-electron chi connectivity index (χ4n) is 2.57. The summed E-state index contributed by atoms with van der Waals surface area (Å²) in [5, 5.41) is 2.72. The van der Waals surface area contributed by atoms with Crippen LogP contribution in [0.15, 0.2) is 18.2 Å². The molecule has 1 fully saturated rings. The van der Waals surface area contributed by atoms with Crippen molar-refractivity contribution >= 4 is 6.03 Å². The van der Waals surface area contributed by atoms with Gasteiger partial charge in [0.15, 0.2) is 0 Å². The van der Waals surface area contributed by atoms with E-state index in [1.807, 2.05) is 19.0 Å². The standard InChI is InChI=1S/C16H23F2N3O/c1-20(2)10-13-6-5-12(8-15(13)18)9-19-16(22)21-7-3-4-14(17)11-21/h5-6,8,14H,3-4,7,9-11H2,1-2H3,(H,19,22). The lowest BCUT2D eigenvalue weighted by molar-refractivity contribution is 0.143. The predicted molar refractivity (Wildman–Crippen MR) is 81.7 cm³/mol. The molecule has 6 heteroatoms. The van der Waals surface area contributed by atoms with Crippen LogP contribution in [0.3, 0.4) is 0 Å². The Balaban J connectivity index is 1.88. The van der Waals surface area contributed by atoms with Crippen LogP contribution in [-0.4, -0.2) is 49.2 Å². The maximum Gasteiger partial charge on any atom is 0.317 e. The van der Waals surface area contributed by atoms with E-state index in [-0.39, 0.29) is 24.9 Å². The van der Waals surface area contributed by atoms with Gasteiger partial charge in [0.05, 0.1) is 6.54 Å². The third-order valence-electron chi connectivity index (χ3n) is 3.70. The van der Waals surface area contributed by atoms with Crippen molar-refractivity contribution < 1.29 is 13.6 Å². The van der Waals surface area contributed by atoms with Crippen LogP contribution in [0.1, 0.15) is 24.0 Å². The highest BCUT2D eigenvalue weighted by Gasteiger charge is 2.22. The second-order valence-electron chi connectivity index (χ2n) is 6.01. The van der Waals surface area contributed by atoms with E-state index in [1.165, 1.54) is 11.0 Å². The summed E-state index contributed by atoms with van der Waals surface area (Å²) in [6.07, 6.45) is 0.257. The molecule has 1 N–H and O–H groups in total. The van der Waals surface area contributed by atoms with Gasteiger partial charge in [0.2, 0.25) is 0 Å². The van der Waals surface area contributed by atoms with Gasteiger partial charge in [-0.2, -0.15) is 0 Å². The third kappa shape index (κ3) is 4.66. The number of piperidine rings is 1. The molecule has 2 amide bonds. The smallest absolute Gasteiger partial charge is 0.317 e. The second kappa shape index (κ2) is 7.54. The van der Waals surface area contributed by atoms with Crippen molar-refractivity contribution in [1.29, 1.82) is 0 Å². The van der Waals surface area contributed by atoms with E-state index < -0.39 is 6.17 Å². The minimum absolute atomic E-state index is 0.141. The Hall–Kier alpha value is -1.69. The minimum atomic E-state index is -0.942. The highest BCUT2D eigenvalue weighted by atomic mass is 19.1. The lowest BCUT2D eigenvalue weighted by Gasteiger charge is -2.29. The molecule has 1 unspecified atom stereocenters. The molecule has 1 heterocycles. The van der Waals surface area contributed by atoms with E-state index in [2.05, 4.69) is 5.32 Å². The Bertz CT molecular complexity index is 522. The first-order valence-electron chi connectivity index (χ1n) is 7.54. The van der Waals surface area contributed by atoms with Crippen molar-refractivity contribution in [3.05, 3.63) is 35.1 Å². The van der Waals surface area contributed by atoms with Crippen LogP contribution < -0.4 is 5.32 Å². The molecule has 0 spiro atoms. The van der Waals surface area contributed by atoms with E-state index >= 15 is 0 Å². The molecule has 4 nitrogen and oxygen atoms in total. The van der Waals surface area contributed by atoms with Crippen LogP contribution in [0.5, 0.6) is 0 Å². The molecule has 0 saturated carbocycles. The highest BCUT2D eigenvalue weighted by molar-refractivity contribution is 5.74. The number of benzene rings is 1. The van der Waals surface area contributed by atoms with Gasteiger partial charge < -0.3 is 15.1 Å². The SMILES string of the molecule is CN(C)Cc1ccc(CNC(=O)N2CCCC(F)C2)cc1F. The summed E-state index contributed by atoms with van der Waals surface area (Å²) in [4.78, 5) is 15.3. The van der Waals surface area contributed by atoms with E-state index in [0.717, 1.165) is 0 Å². The molecule has 1 aliphatic rings. The quantitative estimate of drug-likeness (QED) is 0.927. The highest BCUT2D eigenvalue weighted by Crippen LogP contribution is 2.14. The first-order chi connectivity index (χ1) is 10.5. The van der Waals surface area contributed by atoms with Crippen LogP contribution in [0, 0.1) is 5.82 Å². The van der Waals surface area contributed by atoms with Crippen molar-refractivity contribution in [2.75, 3.05) is 27.2 Å². The molecule has 2 rings (SSSR count). The van der Waals surface area contributed by atoms with Gasteiger partial charge >= 0.3 is 6.03 Å². The van der Waals surface area contributed by atoms with E-state index in [0.29, 0.717) is 37.1 Å². The number of hydrogen-bond donors (Lipinski definition) is 1. The van der Waals surface area contributed by atoms with Crippen molar-refractivity contribution in [2.24, 2.45) is 0 Å². The number of nitrogens with one attached hydrogen (secondary N) is 1. The van der Waals surface area contributed by atoms with Gasteiger partial charge in [-0.25, -0.2) is 13.6 Å². The Morgan fingerprint density at radius 1 is 1.45 bits per heavy atom. The number of likely N-dealkylation sites (tertiary alicyclic amines) is 1. The average Bonchev–Trinajstić information content (AvgIpc) is 2.47. The van der Waals surface area contributed by atoms with Crippen LogP contribution in [0.25, 0.3) is 0 Å². The lowest BCUT2D eigenvalue weighted by atomic mass is 10.1. The normalized spacial score (nSPS) is 18.6. The molecular formula is C16H23F2N3O. The van der Waals surface area contributed by atoms with Crippen molar-refractivity contribution in [3.63, 3.8) is 0 Å². The molecule has 22 heavy (non-hydrogen) atoms. The van der Waals surface area contributed by atoms with Crippen LogP contribution in [-0.2, 0) is 13.1 Å². The Kier molecular flexibility index (Phi) is 5.71. The monoisotopic (exact) mass is 311 g/mol. The number of urea groups is 1. The Labute approximate surface area is 130 Å². The maximum absolute atomic E-state index is 13.9. The van der Waals surface area contributed by atoms with Gasteiger partial charge in [0.25, 0.3) is 0 Å². The summed E-state index contributed by atoms with van der Waals surface area (Å²) in [5.74, 6) is -0.276. The van der Waals surface area contributed by atoms with E-state index in [4.69, 9.17) is 0 Å². The number of amides is 2. The topological polar surface area (TPSA) is 35.6 Å². The number of halogens is 2. The Morgan fingerprint density at radius 2 is 2.23 bits per heavy atom. The summed E-state index contributed by atoms with van der Waals surface area (Å²) in [6.45, 7) is 1.49. The number of hydrogen-bond acceptors (Lipinski definition) is 2. The molecule has 1 aromatic carbocycles. The molecule has 1 atom stereocenters. The first-order valence-corrected chi connectivity index (χ1v) is 7.54. The zero-order valence-corrected chi connectivity index (χ0v) is 13.1. The molecular weight excluding hydrogens is 288 g/mol. The second-order valence-corrected chi connectivity index (χ2v) is 6.01. The van der Waals surface area contributed by atoms with Gasteiger partial charge in [0, 0.05) is 25.2 Å². The van der Waals surface area contributed by atoms with Crippen molar-refractivity contribution in [2.45, 2.75) is 32.1 Å². The van der Waals surface area contributed by atoms with Gasteiger partial charge in [-0.05, 0) is 38.6 Å². The molecule has 122 valence electrons. The van der Waals surface area contributed by atoms with Gasteiger partial charge in [-0.3, -0.25) is 0 Å². The van der Waals surface area contributed by atoms with Crippen LogP contribution >= 0.6 is 0 Å². The van der Waals surface area contributed by atoms with Crippen molar-refractivity contribution in [3.8, 4) is 0 Å². The summed E-state index contributed by atoms with van der Waals surface area (Å²) < 4.78 is 27.2. The summed E-state index contributed by atoms with van der Waals surface area (Å²) >= 11 is 0. The van der Waals surface area contributed by atoms with Gasteiger partial charge in [-0.15, -0.1) is 0 Å². The molecule has 1 aromatic rings. The van der Waals surface area contributed by atoms with E-state index in [9.17, 15) is 13.6 Å². The molecule has 1 saturated heterocycles. The number of rotatable bonds is 4. The number of carbonyl (C=O) groups is 1. The van der Waals surface area contributed by atoms with Crippen molar-refractivity contribution in [1.82, 2.24) is 15.1 Å². The number of nitrogens with zero attached hydrogens (tertiary/aromatic N) is 2. The van der Waals surface area contributed by atoms with Gasteiger partial charge in [-0.1, -0.05) is 12.1 Å². The molecule has 0 bridgehead atoms. The minimum Gasteiger partial charge on any atom is -0.334 e.